The van der Waals surface area contributed by atoms with E-state index < -0.39 is 53.1 Å². The highest BCUT2D eigenvalue weighted by atomic mass is 32.2. The van der Waals surface area contributed by atoms with Gasteiger partial charge in [-0.05, 0) is 56.0 Å². The number of nitrogens with two attached hydrogens (primary N) is 1. The number of para-hydroxylation sites is 1. The fourth-order valence-electron chi connectivity index (χ4n) is 5.13. The van der Waals surface area contributed by atoms with Gasteiger partial charge >= 0.3 is 10.3 Å². The number of ether oxygens (including phenoxy) is 1. The first-order valence-corrected chi connectivity index (χ1v) is 17.2. The van der Waals surface area contributed by atoms with Gasteiger partial charge in [-0.3, -0.25) is 13.5 Å². The maximum Gasteiger partial charge on any atom is 0.362 e. The average molecular weight is 727 g/mol. The van der Waals surface area contributed by atoms with Crippen LogP contribution in [0.3, 0.4) is 0 Å². The molecule has 20 heteroatoms. The lowest BCUT2D eigenvalue weighted by Gasteiger charge is -2.16. The van der Waals surface area contributed by atoms with Crippen molar-refractivity contribution in [2.24, 2.45) is 0 Å². The van der Waals surface area contributed by atoms with Gasteiger partial charge in [0, 0.05) is 5.56 Å². The number of carbonyl (C=O) groups is 1. The number of aliphatic hydroxyl groups excluding tert-OH is 2. The second-order valence-corrected chi connectivity index (χ2v) is 12.5. The molecule has 0 spiro atoms. The number of hydrogen-bond donors (Lipinski definition) is 6. The van der Waals surface area contributed by atoms with Crippen LogP contribution in [0, 0.1) is 0 Å². The number of aromatic nitrogens is 7. The van der Waals surface area contributed by atoms with Crippen molar-refractivity contribution in [3.8, 4) is 28.7 Å². The van der Waals surface area contributed by atoms with E-state index in [4.69, 9.17) is 14.7 Å². The standard InChI is InChI=1S/C25H23N9O9S.C6H15N/c26-21-18-22(29-25(28-21)34-9-15(30-32-34)12-5-7-13(35)8-6-12)33(11-27-18)24-20(38)19(37)17(43-24)10-42-44(40,41)31-23(39)14-3-1-2-4-16(14)36;1-4-7(5-2)6-3/h1-9,11,17,19-20,24,35-38H,10H2,(H,31,39)(H2,26,28,29);4-6H2,1-3H3/t17-,19-,20-,24-;/m1./s1. The lowest BCUT2D eigenvalue weighted by atomic mass is 10.1. The van der Waals surface area contributed by atoms with E-state index in [-0.39, 0.29) is 34.2 Å². The number of imidazole rings is 1. The van der Waals surface area contributed by atoms with Crippen LogP contribution >= 0.6 is 0 Å². The zero-order chi connectivity index (χ0) is 36.9. The summed E-state index contributed by atoms with van der Waals surface area (Å²) in [4.78, 5) is 27.5. The van der Waals surface area contributed by atoms with Crippen molar-refractivity contribution in [1.82, 2.24) is 44.1 Å². The highest BCUT2D eigenvalue weighted by Gasteiger charge is 2.45. The zero-order valence-electron chi connectivity index (χ0n) is 27.8. The number of rotatable bonds is 11. The summed E-state index contributed by atoms with van der Waals surface area (Å²) in [6.45, 7) is 9.34. The van der Waals surface area contributed by atoms with Crippen LogP contribution < -0.4 is 10.5 Å². The molecule has 1 saturated heterocycles. The lowest BCUT2D eigenvalue weighted by molar-refractivity contribution is -0.0468. The van der Waals surface area contributed by atoms with Crippen LogP contribution in [0.25, 0.3) is 28.4 Å². The summed E-state index contributed by atoms with van der Waals surface area (Å²) in [7, 11) is -4.71. The number of nitrogens with zero attached hydrogens (tertiary/aromatic N) is 8. The van der Waals surface area contributed by atoms with Gasteiger partial charge < -0.3 is 35.8 Å². The minimum atomic E-state index is -4.71. The summed E-state index contributed by atoms with van der Waals surface area (Å²) >= 11 is 0. The predicted octanol–water partition coefficient (Wildman–Crippen LogP) is 0.726. The Morgan fingerprint density at radius 1 is 1.02 bits per heavy atom. The molecule has 4 atom stereocenters. The van der Waals surface area contributed by atoms with Crippen LogP contribution in [0.4, 0.5) is 5.82 Å². The van der Waals surface area contributed by atoms with E-state index in [0.717, 1.165) is 0 Å². The van der Waals surface area contributed by atoms with Crippen LogP contribution in [-0.4, -0.2) is 119 Å². The smallest absolute Gasteiger partial charge is 0.362 e. The van der Waals surface area contributed by atoms with E-state index in [1.807, 2.05) is 0 Å². The van der Waals surface area contributed by atoms with E-state index in [0.29, 0.717) is 11.3 Å². The van der Waals surface area contributed by atoms with Gasteiger partial charge in [0.1, 0.15) is 41.0 Å². The summed E-state index contributed by atoms with van der Waals surface area (Å²) in [5, 5.41) is 48.8. The minimum Gasteiger partial charge on any atom is -0.508 e. The number of carbonyl (C=O) groups excluding carboxylic acids is 1. The Morgan fingerprint density at radius 3 is 2.35 bits per heavy atom. The van der Waals surface area contributed by atoms with Crippen LogP contribution in [0.2, 0.25) is 0 Å². The molecule has 0 radical (unpaired) electrons. The third-order valence-corrected chi connectivity index (χ3v) is 8.89. The number of nitrogens with one attached hydrogen (secondary N) is 1. The van der Waals surface area contributed by atoms with Crippen LogP contribution in [-0.2, 0) is 19.2 Å². The van der Waals surface area contributed by atoms with Crippen molar-refractivity contribution in [2.45, 2.75) is 45.3 Å². The molecule has 3 aromatic heterocycles. The maximum absolute atomic E-state index is 12.4. The molecule has 1 amide bonds. The van der Waals surface area contributed by atoms with Crippen LogP contribution in [0.5, 0.6) is 11.5 Å². The molecule has 0 aliphatic carbocycles. The zero-order valence-corrected chi connectivity index (χ0v) is 28.6. The molecule has 51 heavy (non-hydrogen) atoms. The van der Waals surface area contributed by atoms with Crippen molar-refractivity contribution in [3.63, 3.8) is 0 Å². The molecule has 1 aliphatic rings. The van der Waals surface area contributed by atoms with Gasteiger partial charge in [-0.25, -0.2) is 9.71 Å². The molecular formula is C31H38N10O9S. The molecule has 19 nitrogen and oxygen atoms in total. The molecule has 7 N–H and O–H groups in total. The second-order valence-electron chi connectivity index (χ2n) is 11.2. The number of phenols is 2. The monoisotopic (exact) mass is 726 g/mol. The molecule has 0 saturated carbocycles. The van der Waals surface area contributed by atoms with Crippen LogP contribution in [0.15, 0.2) is 61.1 Å². The normalized spacial score (nSPS) is 18.9. The number of nitrogen functional groups attached to an aromatic ring is 1. The number of amides is 1. The molecular weight excluding hydrogens is 688 g/mol. The molecule has 5 aromatic rings. The average Bonchev–Trinajstić information content (AvgIpc) is 3.84. The number of aromatic hydroxyl groups is 2. The van der Waals surface area contributed by atoms with Crippen molar-refractivity contribution >= 4 is 33.2 Å². The molecule has 1 aliphatic heterocycles. The van der Waals surface area contributed by atoms with Gasteiger partial charge in [-0.2, -0.15) is 23.1 Å². The largest absolute Gasteiger partial charge is 0.508 e. The third-order valence-electron chi connectivity index (χ3n) is 8.00. The molecule has 0 unspecified atom stereocenters. The predicted molar refractivity (Wildman–Crippen MR) is 182 cm³/mol. The van der Waals surface area contributed by atoms with E-state index in [9.17, 15) is 33.6 Å². The molecule has 1 fully saturated rings. The van der Waals surface area contributed by atoms with Crippen molar-refractivity contribution in [2.75, 3.05) is 32.0 Å². The van der Waals surface area contributed by atoms with Crippen LogP contribution in [0.1, 0.15) is 37.4 Å². The number of benzene rings is 2. The molecule has 6 rings (SSSR count). The van der Waals surface area contributed by atoms with Gasteiger partial charge in [-0.15, -0.1) is 5.10 Å². The Morgan fingerprint density at radius 2 is 1.71 bits per heavy atom. The molecule has 0 bridgehead atoms. The van der Waals surface area contributed by atoms with Crippen molar-refractivity contribution < 1.29 is 42.6 Å². The molecule has 4 heterocycles. The van der Waals surface area contributed by atoms with E-state index in [1.54, 1.807) is 16.9 Å². The van der Waals surface area contributed by atoms with E-state index in [2.05, 4.69) is 50.9 Å². The van der Waals surface area contributed by atoms with E-state index >= 15 is 0 Å². The quantitative estimate of drug-likeness (QED) is 0.109. The van der Waals surface area contributed by atoms with Gasteiger partial charge in [0.2, 0.25) is 0 Å². The van der Waals surface area contributed by atoms with Gasteiger partial charge in [-0.1, -0.05) is 38.1 Å². The highest BCUT2D eigenvalue weighted by molar-refractivity contribution is 7.85. The lowest BCUT2D eigenvalue weighted by Crippen LogP contribution is -2.37. The number of anilines is 1. The fourth-order valence-corrected chi connectivity index (χ4v) is 5.84. The summed E-state index contributed by atoms with van der Waals surface area (Å²) in [5.41, 5.74) is 7.16. The second kappa shape index (κ2) is 15.7. The Kier molecular flexibility index (Phi) is 11.4. The summed E-state index contributed by atoms with van der Waals surface area (Å²) < 4.78 is 39.5. The minimum absolute atomic E-state index is 0.00603. The first-order valence-electron chi connectivity index (χ1n) is 15.8. The number of aliphatic hydroxyl groups is 2. The maximum atomic E-state index is 12.4. The summed E-state index contributed by atoms with van der Waals surface area (Å²) in [6.07, 6.45) is -3.12. The van der Waals surface area contributed by atoms with Gasteiger partial charge in [0.25, 0.3) is 11.9 Å². The number of fused-ring (bicyclic) bond motifs is 1. The van der Waals surface area contributed by atoms with Crippen molar-refractivity contribution in [1.29, 1.82) is 0 Å². The SMILES string of the molecule is CCN(CC)CC.Nc1nc(-n2cc(-c3ccc(O)cc3)nn2)nc2c1ncn2[C@@H]1O[C@H](COS(=O)(=O)NC(=O)c2ccccc2O)[C@@H](O)[C@H]1O. The third kappa shape index (κ3) is 8.39. The van der Waals surface area contributed by atoms with E-state index in [1.165, 1.54) is 77.8 Å². The number of hydrogen-bond acceptors (Lipinski definition) is 16. The first-order chi connectivity index (χ1) is 24.3. The molecule has 2 aromatic carbocycles. The van der Waals surface area contributed by atoms with Gasteiger partial charge in [0.15, 0.2) is 17.7 Å². The first kappa shape index (κ1) is 37.0. The Labute approximate surface area is 292 Å². The topological polar surface area (TPSA) is 266 Å². The summed E-state index contributed by atoms with van der Waals surface area (Å²) in [5.74, 6) is -1.54. The summed E-state index contributed by atoms with van der Waals surface area (Å²) in [6, 6.07) is 11.6. The Bertz CT molecular complexity index is 2060. The van der Waals surface area contributed by atoms with Crippen molar-refractivity contribution in [3.05, 3.63) is 66.6 Å². The Hall–Kier alpha value is -5.25. The Balaban J connectivity index is 0.000000654. The number of phenolic OH excluding ortho intramolecular Hbond substituents is 2. The fraction of sp³-hybridized carbons (Fsp3) is 0.355. The van der Waals surface area contributed by atoms with Gasteiger partial charge in [0.05, 0.1) is 24.7 Å². The highest BCUT2D eigenvalue weighted by Crippen LogP contribution is 2.33. The molecule has 272 valence electrons.